The molecule has 0 saturated carbocycles. The number of alkyl halides is 2. The lowest BCUT2D eigenvalue weighted by Crippen LogP contribution is -2.08. The summed E-state index contributed by atoms with van der Waals surface area (Å²) in [5, 5.41) is 19.1. The van der Waals surface area contributed by atoms with Gasteiger partial charge in [-0.15, -0.1) is 0 Å². The highest BCUT2D eigenvalue weighted by Gasteiger charge is 2.29. The van der Waals surface area contributed by atoms with Gasteiger partial charge in [0.25, 0.3) is 6.43 Å². The summed E-state index contributed by atoms with van der Waals surface area (Å²) in [4.78, 5) is 23.3. The summed E-state index contributed by atoms with van der Waals surface area (Å²) in [5.41, 5.74) is -1.29. The largest absolute Gasteiger partial charge is 0.481 e. The van der Waals surface area contributed by atoms with Gasteiger partial charge >= 0.3 is 11.8 Å². The van der Waals surface area contributed by atoms with Crippen molar-refractivity contribution in [2.75, 3.05) is 0 Å². The van der Waals surface area contributed by atoms with E-state index in [9.17, 15) is 23.7 Å². The molecule has 0 bridgehead atoms. The van der Waals surface area contributed by atoms with Crippen LogP contribution in [0.5, 0.6) is 0 Å². The topological polar surface area (TPSA) is 93.3 Å². The van der Waals surface area contributed by atoms with Gasteiger partial charge < -0.3 is 15.2 Å². The van der Waals surface area contributed by atoms with E-state index in [0.29, 0.717) is 0 Å². The van der Waals surface area contributed by atoms with E-state index in [2.05, 4.69) is 20.9 Å². The van der Waals surface area contributed by atoms with Crippen molar-refractivity contribution in [2.45, 2.75) is 12.8 Å². The second-order valence-corrected chi connectivity index (χ2v) is 3.78. The minimum Gasteiger partial charge on any atom is -0.481 e. The van der Waals surface area contributed by atoms with Crippen LogP contribution in [0.1, 0.15) is 17.6 Å². The lowest BCUT2D eigenvalue weighted by molar-refractivity contribution is -0.391. The van der Waals surface area contributed by atoms with Crippen LogP contribution in [0.15, 0.2) is 10.7 Å². The number of hydrogen-bond acceptors (Lipinski definition) is 4. The smallest absolute Gasteiger partial charge is 0.373 e. The second-order valence-electron chi connectivity index (χ2n) is 2.97. The van der Waals surface area contributed by atoms with E-state index in [1.165, 1.54) is 0 Å². The van der Waals surface area contributed by atoms with Crippen molar-refractivity contribution in [1.29, 1.82) is 0 Å². The van der Waals surface area contributed by atoms with Gasteiger partial charge in [0.15, 0.2) is 0 Å². The molecule has 1 N–H and O–H groups in total. The van der Waals surface area contributed by atoms with Crippen LogP contribution in [-0.2, 0) is 11.2 Å². The molecule has 6 nitrogen and oxygen atoms in total. The third-order valence-corrected chi connectivity index (χ3v) is 2.23. The molecule has 9 heteroatoms. The number of nitro groups is 1. The lowest BCUT2D eigenvalue weighted by Gasteiger charge is -2.07. The van der Waals surface area contributed by atoms with E-state index in [4.69, 9.17) is 5.11 Å². The van der Waals surface area contributed by atoms with Gasteiger partial charge in [0.05, 0.1) is 6.42 Å². The van der Waals surface area contributed by atoms with E-state index in [0.717, 1.165) is 6.07 Å². The first kappa shape index (κ1) is 13.4. The molecular formula is C8H5BrF2N2O4. The van der Waals surface area contributed by atoms with Crippen LogP contribution in [0, 0.1) is 10.1 Å². The van der Waals surface area contributed by atoms with Crippen LogP contribution < -0.4 is 0 Å². The third kappa shape index (κ3) is 3.16. The van der Waals surface area contributed by atoms with Gasteiger partial charge in [-0.2, -0.15) is 0 Å². The average Bonchev–Trinajstić information content (AvgIpc) is 2.14. The molecule has 17 heavy (non-hydrogen) atoms. The van der Waals surface area contributed by atoms with Crippen LogP contribution in [0.4, 0.5) is 14.6 Å². The molecule has 1 aromatic rings. The quantitative estimate of drug-likeness (QED) is 0.523. The van der Waals surface area contributed by atoms with Crippen molar-refractivity contribution in [3.63, 3.8) is 0 Å². The third-order valence-electron chi connectivity index (χ3n) is 1.83. The Balaban J connectivity index is 3.45. The molecule has 0 unspecified atom stereocenters. The summed E-state index contributed by atoms with van der Waals surface area (Å²) in [6.45, 7) is 0. The summed E-state index contributed by atoms with van der Waals surface area (Å²) < 4.78 is 25.3. The number of halogens is 3. The zero-order chi connectivity index (χ0) is 13.2. The number of carboxylic acids is 1. The van der Waals surface area contributed by atoms with Crippen LogP contribution in [0.2, 0.25) is 0 Å². The predicted octanol–water partition coefficient (Wildman–Crippen LogP) is 2.32. The normalized spacial score (nSPS) is 10.6. The van der Waals surface area contributed by atoms with Crippen molar-refractivity contribution in [3.8, 4) is 0 Å². The molecule has 0 aliphatic carbocycles. The minimum absolute atomic E-state index is 0.0650. The van der Waals surface area contributed by atoms with Crippen molar-refractivity contribution in [2.24, 2.45) is 0 Å². The molecule has 0 aromatic carbocycles. The molecule has 92 valence electrons. The van der Waals surface area contributed by atoms with Crippen LogP contribution >= 0.6 is 15.9 Å². The fraction of sp³-hybridized carbons (Fsp3) is 0.250. The highest BCUT2D eigenvalue weighted by Crippen LogP contribution is 2.32. The summed E-state index contributed by atoms with van der Waals surface area (Å²) >= 11 is 2.80. The van der Waals surface area contributed by atoms with Gasteiger partial charge in [0.1, 0.15) is 5.56 Å². The van der Waals surface area contributed by atoms with E-state index >= 15 is 0 Å². The number of aromatic nitrogens is 1. The van der Waals surface area contributed by atoms with Gasteiger partial charge in [-0.05, 0) is 15.5 Å². The summed E-state index contributed by atoms with van der Waals surface area (Å²) in [5.74, 6) is -2.40. The average molecular weight is 311 g/mol. The maximum atomic E-state index is 12.7. The Bertz CT molecular complexity index is 481. The predicted molar refractivity (Wildman–Crippen MR) is 54.9 cm³/mol. The molecule has 0 aliphatic heterocycles. The zero-order valence-electron chi connectivity index (χ0n) is 8.06. The molecule has 1 aromatic heterocycles. The first-order chi connectivity index (χ1) is 7.82. The van der Waals surface area contributed by atoms with Crippen LogP contribution in [0.25, 0.3) is 0 Å². The van der Waals surface area contributed by atoms with E-state index in [1.54, 1.807) is 0 Å². The Morgan fingerprint density at radius 1 is 1.65 bits per heavy atom. The monoisotopic (exact) mass is 310 g/mol. The number of aliphatic carboxylic acids is 1. The minimum atomic E-state index is -3.16. The lowest BCUT2D eigenvalue weighted by atomic mass is 10.1. The molecule has 0 amide bonds. The molecule has 0 radical (unpaired) electrons. The zero-order valence-corrected chi connectivity index (χ0v) is 9.65. The number of nitrogens with zero attached hydrogens (tertiary/aromatic N) is 2. The molecule has 0 aliphatic rings. The van der Waals surface area contributed by atoms with Crippen molar-refractivity contribution >= 4 is 27.7 Å². The van der Waals surface area contributed by atoms with Crippen molar-refractivity contribution in [1.82, 2.24) is 4.98 Å². The summed E-state index contributed by atoms with van der Waals surface area (Å²) in [6.07, 6.45) is -3.90. The van der Waals surface area contributed by atoms with Crippen molar-refractivity contribution in [3.05, 3.63) is 31.9 Å². The highest BCUT2D eigenvalue weighted by atomic mass is 79.9. The fourth-order valence-electron chi connectivity index (χ4n) is 1.24. The van der Waals surface area contributed by atoms with E-state index in [1.807, 2.05) is 0 Å². The molecular weight excluding hydrogens is 306 g/mol. The second kappa shape index (κ2) is 5.13. The summed E-state index contributed by atoms with van der Waals surface area (Å²) in [7, 11) is 0. The number of pyridine rings is 1. The molecule has 0 atom stereocenters. The molecule has 0 fully saturated rings. The van der Waals surface area contributed by atoms with Crippen LogP contribution in [-0.4, -0.2) is 21.0 Å². The fourth-order valence-corrected chi connectivity index (χ4v) is 1.69. The number of rotatable bonds is 4. The Morgan fingerprint density at radius 2 is 2.24 bits per heavy atom. The summed E-state index contributed by atoms with van der Waals surface area (Å²) in [6, 6.07) is 1.03. The van der Waals surface area contributed by atoms with E-state index < -0.39 is 35.1 Å². The van der Waals surface area contributed by atoms with Gasteiger partial charge in [-0.25, -0.2) is 8.78 Å². The standard InChI is InChI=1S/C8H5BrF2N2O4/c9-4-1-3(2-5(14)15)6(7(10)11)8(12-4)13(16)17/h1,7H,2H2,(H,14,15). The first-order valence-electron chi connectivity index (χ1n) is 4.16. The maximum absolute atomic E-state index is 12.7. The molecule has 0 spiro atoms. The number of hydrogen-bond donors (Lipinski definition) is 1. The highest BCUT2D eigenvalue weighted by molar-refractivity contribution is 9.10. The van der Waals surface area contributed by atoms with Gasteiger partial charge in [-0.1, -0.05) is 0 Å². The Labute approximate surface area is 102 Å². The van der Waals surface area contributed by atoms with Crippen LogP contribution in [0.3, 0.4) is 0 Å². The Hall–Kier alpha value is -1.64. The van der Waals surface area contributed by atoms with Gasteiger partial charge in [0.2, 0.25) is 4.60 Å². The SMILES string of the molecule is O=C(O)Cc1cc(Br)nc([N+](=O)[O-])c1C(F)F. The maximum Gasteiger partial charge on any atom is 0.373 e. The van der Waals surface area contributed by atoms with Gasteiger partial charge in [-0.3, -0.25) is 4.79 Å². The molecule has 1 rings (SSSR count). The molecule has 0 saturated heterocycles. The molecule has 1 heterocycles. The van der Waals surface area contributed by atoms with E-state index in [-0.39, 0.29) is 10.2 Å². The van der Waals surface area contributed by atoms with Gasteiger partial charge in [0, 0.05) is 22.0 Å². The number of carboxylic acid groups (broad SMARTS) is 1. The Kier molecular flexibility index (Phi) is 4.05. The van der Waals surface area contributed by atoms with Crippen molar-refractivity contribution < 1.29 is 23.6 Å². The Morgan fingerprint density at radius 3 is 2.65 bits per heavy atom. The first-order valence-corrected chi connectivity index (χ1v) is 4.96. The number of carbonyl (C=O) groups is 1.